The predicted octanol–water partition coefficient (Wildman–Crippen LogP) is 0.256. The summed E-state index contributed by atoms with van der Waals surface area (Å²) >= 11 is 0. The molecule has 1 aromatic rings. The van der Waals surface area contributed by atoms with Crippen molar-refractivity contribution < 1.29 is 4.79 Å². The minimum absolute atomic E-state index is 0.189. The van der Waals surface area contributed by atoms with Crippen molar-refractivity contribution in [3.8, 4) is 0 Å². The zero-order valence-corrected chi connectivity index (χ0v) is 9.30. The maximum atomic E-state index is 11.4. The van der Waals surface area contributed by atoms with Crippen LogP contribution in [0, 0.1) is 5.92 Å². The van der Waals surface area contributed by atoms with Crippen LogP contribution in [0.25, 0.3) is 0 Å². The first-order chi connectivity index (χ1) is 7.63. The highest BCUT2D eigenvalue weighted by molar-refractivity contribution is 5.85. The first kappa shape index (κ1) is 11.1. The van der Waals surface area contributed by atoms with Gasteiger partial charge in [-0.25, -0.2) is 0 Å². The number of aryl methyl sites for hydroxylation is 1. The number of hydrogen-bond acceptors (Lipinski definition) is 3. The van der Waals surface area contributed by atoms with Gasteiger partial charge in [0.25, 0.3) is 0 Å². The summed E-state index contributed by atoms with van der Waals surface area (Å²) in [5.74, 6) is -0.176. The van der Waals surface area contributed by atoms with Crippen LogP contribution < -0.4 is 11.5 Å². The zero-order valence-electron chi connectivity index (χ0n) is 9.30. The molecule has 1 aromatic heterocycles. The largest absolute Gasteiger partial charge is 0.368 e. The zero-order chi connectivity index (χ0) is 11.6. The molecule has 0 aromatic carbocycles. The van der Waals surface area contributed by atoms with E-state index in [2.05, 4.69) is 5.10 Å². The first-order valence-corrected chi connectivity index (χ1v) is 5.69. The third-order valence-corrected chi connectivity index (χ3v) is 3.60. The summed E-state index contributed by atoms with van der Waals surface area (Å²) in [7, 11) is 0. The monoisotopic (exact) mass is 222 g/mol. The standard InChI is InChI=1S/C11H18N4O/c12-10(16)11(13)5-1-3-9(11)4-8-15-7-2-6-14-15/h2,6-7,9H,1,3-5,8,13H2,(H2,12,16). The summed E-state index contributed by atoms with van der Waals surface area (Å²) in [6.45, 7) is 0.796. The molecule has 0 bridgehead atoms. The fraction of sp³-hybridized carbons (Fsp3) is 0.636. The van der Waals surface area contributed by atoms with Crippen molar-refractivity contribution in [3.63, 3.8) is 0 Å². The molecule has 1 heterocycles. The van der Waals surface area contributed by atoms with Crippen molar-refractivity contribution in [3.05, 3.63) is 18.5 Å². The summed E-state index contributed by atoms with van der Waals surface area (Å²) in [6, 6.07) is 1.89. The van der Waals surface area contributed by atoms with Crippen LogP contribution in [0.4, 0.5) is 0 Å². The molecule has 16 heavy (non-hydrogen) atoms. The molecule has 1 fully saturated rings. The maximum Gasteiger partial charge on any atom is 0.237 e. The number of nitrogens with two attached hydrogens (primary N) is 2. The molecule has 4 N–H and O–H groups in total. The Morgan fingerprint density at radius 2 is 2.44 bits per heavy atom. The third kappa shape index (κ3) is 1.95. The lowest BCUT2D eigenvalue weighted by Gasteiger charge is -2.27. The van der Waals surface area contributed by atoms with Crippen LogP contribution in [0.15, 0.2) is 18.5 Å². The van der Waals surface area contributed by atoms with Crippen LogP contribution >= 0.6 is 0 Å². The average molecular weight is 222 g/mol. The molecule has 0 radical (unpaired) electrons. The Labute approximate surface area is 94.8 Å². The van der Waals surface area contributed by atoms with E-state index in [1.165, 1.54) is 0 Å². The highest BCUT2D eigenvalue weighted by atomic mass is 16.1. The Hall–Kier alpha value is -1.36. The molecule has 0 saturated heterocycles. The summed E-state index contributed by atoms with van der Waals surface area (Å²) in [5, 5.41) is 4.13. The van der Waals surface area contributed by atoms with Gasteiger partial charge >= 0.3 is 0 Å². The summed E-state index contributed by atoms with van der Waals surface area (Å²) < 4.78 is 1.86. The number of rotatable bonds is 4. The molecule has 5 heteroatoms. The quantitative estimate of drug-likeness (QED) is 0.765. The van der Waals surface area contributed by atoms with Crippen molar-refractivity contribution >= 4 is 5.91 Å². The van der Waals surface area contributed by atoms with Crippen LogP contribution in [0.5, 0.6) is 0 Å². The molecule has 2 rings (SSSR count). The van der Waals surface area contributed by atoms with Gasteiger partial charge in [0.1, 0.15) is 0 Å². The van der Waals surface area contributed by atoms with E-state index in [0.29, 0.717) is 6.42 Å². The van der Waals surface area contributed by atoms with Crippen molar-refractivity contribution in [2.45, 2.75) is 37.8 Å². The minimum atomic E-state index is -0.798. The number of hydrogen-bond donors (Lipinski definition) is 2. The summed E-state index contributed by atoms with van der Waals surface area (Å²) in [6.07, 6.45) is 7.22. The lowest BCUT2D eigenvalue weighted by atomic mass is 9.85. The van der Waals surface area contributed by atoms with E-state index < -0.39 is 5.54 Å². The Bertz CT molecular complexity index is 362. The van der Waals surface area contributed by atoms with E-state index in [1.54, 1.807) is 6.20 Å². The van der Waals surface area contributed by atoms with Gasteiger partial charge in [0.15, 0.2) is 0 Å². The number of amides is 1. The van der Waals surface area contributed by atoms with Crippen LogP contribution in [0.2, 0.25) is 0 Å². The topological polar surface area (TPSA) is 86.9 Å². The van der Waals surface area contributed by atoms with E-state index in [0.717, 1.165) is 25.8 Å². The lowest BCUT2D eigenvalue weighted by molar-refractivity contribution is -0.124. The van der Waals surface area contributed by atoms with Crippen LogP contribution in [0.1, 0.15) is 25.7 Å². The average Bonchev–Trinajstić information content (AvgIpc) is 2.85. The molecule has 1 aliphatic rings. The molecule has 2 atom stereocenters. The highest BCUT2D eigenvalue weighted by Gasteiger charge is 2.43. The molecule has 1 saturated carbocycles. The second-order valence-corrected chi connectivity index (χ2v) is 4.55. The van der Waals surface area contributed by atoms with Crippen molar-refractivity contribution in [2.75, 3.05) is 0 Å². The molecular formula is C11H18N4O. The van der Waals surface area contributed by atoms with Crippen LogP contribution in [-0.4, -0.2) is 21.2 Å². The Morgan fingerprint density at radius 3 is 3.06 bits per heavy atom. The number of aromatic nitrogens is 2. The predicted molar refractivity (Wildman–Crippen MR) is 60.3 cm³/mol. The number of primary amides is 1. The minimum Gasteiger partial charge on any atom is -0.368 e. The van der Waals surface area contributed by atoms with E-state index in [9.17, 15) is 4.79 Å². The Morgan fingerprint density at radius 1 is 1.62 bits per heavy atom. The van der Waals surface area contributed by atoms with E-state index in [4.69, 9.17) is 11.5 Å². The number of carbonyl (C=O) groups excluding carboxylic acids is 1. The van der Waals surface area contributed by atoms with Crippen molar-refractivity contribution in [1.29, 1.82) is 0 Å². The molecule has 0 aliphatic heterocycles. The van der Waals surface area contributed by atoms with Crippen molar-refractivity contribution in [2.24, 2.45) is 17.4 Å². The SMILES string of the molecule is NC(=O)C1(N)CCCC1CCn1cccn1. The second kappa shape index (κ2) is 4.25. The second-order valence-electron chi connectivity index (χ2n) is 4.55. The molecule has 0 spiro atoms. The van der Waals surface area contributed by atoms with Gasteiger partial charge in [-0.1, -0.05) is 6.42 Å². The summed E-state index contributed by atoms with van der Waals surface area (Å²) in [4.78, 5) is 11.4. The first-order valence-electron chi connectivity index (χ1n) is 5.69. The highest BCUT2D eigenvalue weighted by Crippen LogP contribution is 2.36. The number of nitrogens with zero attached hydrogens (tertiary/aromatic N) is 2. The fourth-order valence-electron chi connectivity index (χ4n) is 2.55. The molecule has 88 valence electrons. The van der Waals surface area contributed by atoms with E-state index in [1.807, 2.05) is 16.9 Å². The number of carbonyl (C=O) groups is 1. The van der Waals surface area contributed by atoms with Gasteiger partial charge in [-0.05, 0) is 31.2 Å². The molecule has 1 amide bonds. The Kier molecular flexibility index (Phi) is 2.96. The van der Waals surface area contributed by atoms with E-state index in [-0.39, 0.29) is 11.8 Å². The van der Waals surface area contributed by atoms with Gasteiger partial charge in [-0.15, -0.1) is 0 Å². The van der Waals surface area contributed by atoms with Gasteiger partial charge in [0, 0.05) is 18.9 Å². The lowest BCUT2D eigenvalue weighted by Crippen LogP contribution is -2.54. The van der Waals surface area contributed by atoms with Gasteiger partial charge in [0.2, 0.25) is 5.91 Å². The van der Waals surface area contributed by atoms with Gasteiger partial charge in [-0.2, -0.15) is 5.10 Å². The van der Waals surface area contributed by atoms with Gasteiger partial charge in [-0.3, -0.25) is 9.48 Å². The van der Waals surface area contributed by atoms with Gasteiger partial charge in [0.05, 0.1) is 5.54 Å². The molecular weight excluding hydrogens is 204 g/mol. The normalized spacial score (nSPS) is 29.4. The Balaban J connectivity index is 1.96. The van der Waals surface area contributed by atoms with E-state index >= 15 is 0 Å². The smallest absolute Gasteiger partial charge is 0.237 e. The molecule has 2 unspecified atom stereocenters. The van der Waals surface area contributed by atoms with Crippen molar-refractivity contribution in [1.82, 2.24) is 9.78 Å². The maximum absolute atomic E-state index is 11.4. The van der Waals surface area contributed by atoms with Crippen LogP contribution in [-0.2, 0) is 11.3 Å². The molecule has 5 nitrogen and oxygen atoms in total. The fourth-order valence-corrected chi connectivity index (χ4v) is 2.55. The van der Waals surface area contributed by atoms with Gasteiger partial charge < -0.3 is 11.5 Å². The summed E-state index contributed by atoms with van der Waals surface area (Å²) in [5.41, 5.74) is 10.7. The third-order valence-electron chi connectivity index (χ3n) is 3.60. The molecule has 1 aliphatic carbocycles. The van der Waals surface area contributed by atoms with Crippen LogP contribution in [0.3, 0.4) is 0 Å².